The van der Waals surface area contributed by atoms with Crippen molar-refractivity contribution in [3.05, 3.63) is 35.4 Å². The zero-order valence-corrected chi connectivity index (χ0v) is 12.9. The summed E-state index contributed by atoms with van der Waals surface area (Å²) < 4.78 is 43.5. The van der Waals surface area contributed by atoms with Gasteiger partial charge in [0.25, 0.3) is 0 Å². The maximum Gasteiger partial charge on any atom is 0.416 e. The number of hydrogen-bond donors (Lipinski definition) is 1. The Morgan fingerprint density at radius 2 is 1.77 bits per heavy atom. The van der Waals surface area contributed by atoms with Gasteiger partial charge in [0.1, 0.15) is 11.1 Å². The Morgan fingerprint density at radius 3 is 2.23 bits per heavy atom. The van der Waals surface area contributed by atoms with Gasteiger partial charge >= 0.3 is 6.18 Å². The van der Waals surface area contributed by atoms with Gasteiger partial charge in [-0.3, -0.25) is 4.79 Å². The third-order valence-electron chi connectivity index (χ3n) is 4.66. The lowest BCUT2D eigenvalue weighted by molar-refractivity contribution is -0.152. The minimum atomic E-state index is -4.39. The number of halogens is 3. The molecule has 0 saturated heterocycles. The van der Waals surface area contributed by atoms with Crippen LogP contribution in [-0.4, -0.2) is 25.5 Å². The molecule has 0 unspecified atom stereocenters. The third kappa shape index (κ3) is 2.65. The Morgan fingerprint density at radius 1 is 1.18 bits per heavy atom. The van der Waals surface area contributed by atoms with E-state index in [1.807, 2.05) is 0 Å². The zero-order valence-electron chi connectivity index (χ0n) is 12.9. The first-order chi connectivity index (χ1) is 10.2. The Labute approximate surface area is 127 Å². The molecule has 0 spiro atoms. The smallest absolute Gasteiger partial charge is 0.371 e. The standard InChI is InChI=1S/C16H20F3NO2/c1-14(22-3)9-4-10-15(20-2,13(14)21)11-5-7-12(8-6-11)16(17,18)19/h5-8,20H,4,9-10H2,1-3H3/t14-,15-/m1/s1. The molecule has 22 heavy (non-hydrogen) atoms. The van der Waals surface area contributed by atoms with Gasteiger partial charge in [-0.15, -0.1) is 0 Å². The molecule has 1 aromatic carbocycles. The molecule has 122 valence electrons. The number of alkyl halides is 3. The van der Waals surface area contributed by atoms with Crippen LogP contribution in [0.3, 0.4) is 0 Å². The van der Waals surface area contributed by atoms with Crippen LogP contribution in [-0.2, 0) is 21.2 Å². The summed E-state index contributed by atoms with van der Waals surface area (Å²) in [5.74, 6) is -0.143. The van der Waals surface area contributed by atoms with Crippen LogP contribution in [0.15, 0.2) is 24.3 Å². The second-order valence-electron chi connectivity index (χ2n) is 5.85. The van der Waals surface area contributed by atoms with Crippen molar-refractivity contribution in [1.29, 1.82) is 0 Å². The van der Waals surface area contributed by atoms with Gasteiger partial charge in [0.15, 0.2) is 5.78 Å². The van der Waals surface area contributed by atoms with Gasteiger partial charge in [-0.25, -0.2) is 0 Å². The molecule has 1 N–H and O–H groups in total. The van der Waals surface area contributed by atoms with Crippen LogP contribution < -0.4 is 5.32 Å². The minimum absolute atomic E-state index is 0.143. The van der Waals surface area contributed by atoms with Crippen LogP contribution in [0.1, 0.15) is 37.3 Å². The van der Waals surface area contributed by atoms with Crippen LogP contribution in [0.5, 0.6) is 0 Å². The van der Waals surface area contributed by atoms with Crippen molar-refractivity contribution in [3.8, 4) is 0 Å². The van der Waals surface area contributed by atoms with Gasteiger partial charge in [0, 0.05) is 7.11 Å². The monoisotopic (exact) mass is 315 g/mol. The van der Waals surface area contributed by atoms with Crippen LogP contribution in [0, 0.1) is 0 Å². The number of carbonyl (C=O) groups is 1. The van der Waals surface area contributed by atoms with Crippen molar-refractivity contribution in [2.24, 2.45) is 0 Å². The number of likely N-dealkylation sites (N-methyl/N-ethyl adjacent to an activating group) is 1. The topological polar surface area (TPSA) is 38.3 Å². The highest BCUT2D eigenvalue weighted by atomic mass is 19.4. The van der Waals surface area contributed by atoms with Gasteiger partial charge < -0.3 is 10.1 Å². The van der Waals surface area contributed by atoms with E-state index >= 15 is 0 Å². The summed E-state index contributed by atoms with van der Waals surface area (Å²) in [5.41, 5.74) is -2.12. The second-order valence-corrected chi connectivity index (χ2v) is 5.85. The van der Waals surface area contributed by atoms with Crippen LogP contribution in [0.2, 0.25) is 0 Å². The molecular weight excluding hydrogens is 295 g/mol. The van der Waals surface area contributed by atoms with Gasteiger partial charge in [-0.1, -0.05) is 12.1 Å². The minimum Gasteiger partial charge on any atom is -0.371 e. The van der Waals surface area contributed by atoms with E-state index in [1.165, 1.54) is 19.2 Å². The number of rotatable bonds is 3. The first-order valence-corrected chi connectivity index (χ1v) is 7.16. The fourth-order valence-electron chi connectivity index (χ4n) is 3.17. The molecule has 0 bridgehead atoms. The maximum absolute atomic E-state index is 12.9. The second kappa shape index (κ2) is 5.66. The quantitative estimate of drug-likeness (QED) is 0.930. The van der Waals surface area contributed by atoms with Crippen molar-refractivity contribution in [2.45, 2.75) is 43.5 Å². The lowest BCUT2D eigenvalue weighted by Crippen LogP contribution is -2.59. The maximum atomic E-state index is 12.9. The fraction of sp³-hybridized carbons (Fsp3) is 0.562. The van der Waals surface area contributed by atoms with Gasteiger partial charge in [-0.05, 0) is 50.9 Å². The number of hydrogen-bond acceptors (Lipinski definition) is 3. The van der Waals surface area contributed by atoms with E-state index in [1.54, 1.807) is 14.0 Å². The molecule has 2 rings (SSSR count). The molecule has 0 radical (unpaired) electrons. The van der Waals surface area contributed by atoms with Crippen LogP contribution >= 0.6 is 0 Å². The average Bonchev–Trinajstić information content (AvgIpc) is 2.50. The number of benzene rings is 1. The zero-order chi connectivity index (χ0) is 16.6. The molecule has 0 heterocycles. The molecule has 0 aromatic heterocycles. The van der Waals surface area contributed by atoms with E-state index in [9.17, 15) is 18.0 Å². The summed E-state index contributed by atoms with van der Waals surface area (Å²) in [7, 11) is 3.13. The van der Waals surface area contributed by atoms with Crippen molar-refractivity contribution in [2.75, 3.05) is 14.2 Å². The lowest BCUT2D eigenvalue weighted by Gasteiger charge is -2.44. The number of Topliss-reactive ketones (excluding diaryl/α,β-unsaturated/α-hetero) is 1. The number of carbonyl (C=O) groups excluding carboxylic acids is 1. The summed E-state index contributed by atoms with van der Waals surface area (Å²) in [6.07, 6.45) is -2.50. The van der Waals surface area contributed by atoms with Crippen LogP contribution in [0.25, 0.3) is 0 Å². The molecule has 1 aliphatic carbocycles. The van der Waals surface area contributed by atoms with Crippen molar-refractivity contribution >= 4 is 5.78 Å². The highest BCUT2D eigenvalue weighted by molar-refractivity contribution is 5.97. The van der Waals surface area contributed by atoms with Gasteiger partial charge in [0.05, 0.1) is 5.56 Å². The highest BCUT2D eigenvalue weighted by Crippen LogP contribution is 2.41. The highest BCUT2D eigenvalue weighted by Gasteiger charge is 2.51. The summed E-state index contributed by atoms with van der Waals surface area (Å²) in [6.45, 7) is 1.73. The first-order valence-electron chi connectivity index (χ1n) is 7.16. The molecule has 1 saturated carbocycles. The molecule has 1 fully saturated rings. The Bertz CT molecular complexity index is 556. The van der Waals surface area contributed by atoms with Crippen molar-refractivity contribution in [3.63, 3.8) is 0 Å². The van der Waals surface area contributed by atoms with E-state index in [0.717, 1.165) is 18.6 Å². The summed E-state index contributed by atoms with van der Waals surface area (Å²) in [6, 6.07) is 4.78. The molecule has 0 amide bonds. The van der Waals surface area contributed by atoms with Gasteiger partial charge in [0.2, 0.25) is 0 Å². The van der Waals surface area contributed by atoms with E-state index in [-0.39, 0.29) is 5.78 Å². The normalized spacial score (nSPS) is 29.6. The lowest BCUT2D eigenvalue weighted by atomic mass is 9.69. The van der Waals surface area contributed by atoms with E-state index in [4.69, 9.17) is 4.74 Å². The number of nitrogens with one attached hydrogen (secondary N) is 1. The molecule has 1 aliphatic rings. The summed E-state index contributed by atoms with van der Waals surface area (Å²) in [4.78, 5) is 12.9. The number of ketones is 1. The SMILES string of the molecule is CN[C@@]1(c2ccc(C(F)(F)F)cc2)CCC[C@@](C)(OC)C1=O. The summed E-state index contributed by atoms with van der Waals surface area (Å²) >= 11 is 0. The Hall–Kier alpha value is -1.40. The molecule has 2 atom stereocenters. The molecular formula is C16H20F3NO2. The molecule has 1 aromatic rings. The molecule has 6 heteroatoms. The molecule has 0 aliphatic heterocycles. The Kier molecular flexibility index (Phi) is 4.37. The predicted octanol–water partition coefficient (Wildman–Crippen LogP) is 3.28. The number of ether oxygens (including phenoxy) is 1. The van der Waals surface area contributed by atoms with Crippen molar-refractivity contribution in [1.82, 2.24) is 5.32 Å². The number of methoxy groups -OCH3 is 1. The predicted molar refractivity (Wildman–Crippen MR) is 76.5 cm³/mol. The van der Waals surface area contributed by atoms with E-state index in [2.05, 4.69) is 5.32 Å². The van der Waals surface area contributed by atoms with Crippen LogP contribution in [0.4, 0.5) is 13.2 Å². The molecule has 3 nitrogen and oxygen atoms in total. The van der Waals surface area contributed by atoms with Crippen molar-refractivity contribution < 1.29 is 22.7 Å². The first kappa shape index (κ1) is 17.0. The largest absolute Gasteiger partial charge is 0.416 e. The van der Waals surface area contributed by atoms with E-state index < -0.39 is 22.9 Å². The average molecular weight is 315 g/mol. The third-order valence-corrected chi connectivity index (χ3v) is 4.66. The summed E-state index contributed by atoms with van der Waals surface area (Å²) in [5, 5.41) is 3.02. The van der Waals surface area contributed by atoms with E-state index in [0.29, 0.717) is 18.4 Å². The fourth-order valence-corrected chi connectivity index (χ4v) is 3.17. The van der Waals surface area contributed by atoms with Gasteiger partial charge in [-0.2, -0.15) is 13.2 Å². The Balaban J connectivity index is 2.44.